The largest absolute Gasteiger partial charge is 0.380 e. The molecular weight excluding hydrogens is 230 g/mol. The van der Waals surface area contributed by atoms with Crippen LogP contribution in [0.1, 0.15) is 26.2 Å². The van der Waals surface area contributed by atoms with Crippen molar-refractivity contribution in [2.24, 2.45) is 5.92 Å². The van der Waals surface area contributed by atoms with Gasteiger partial charge in [0, 0.05) is 13.1 Å². The third-order valence-corrected chi connectivity index (χ3v) is 3.39. The van der Waals surface area contributed by atoms with E-state index >= 15 is 0 Å². The van der Waals surface area contributed by atoms with Gasteiger partial charge in [-0.05, 0) is 37.8 Å². The minimum absolute atomic E-state index is 0.152. The molecule has 0 bridgehead atoms. The number of hydrogen-bond acceptors (Lipinski definition) is 4. The van der Waals surface area contributed by atoms with E-state index in [1.807, 2.05) is 13.0 Å². The van der Waals surface area contributed by atoms with Crippen LogP contribution in [0.15, 0.2) is 18.2 Å². The number of nitro benzene ring substituents is 1. The molecule has 0 aromatic heterocycles. The standard InChI is InChI=1S/C13H19N3O2/c1-2-14-11-7-4-8-12(13(11)16(17)18)15-9-10-5-3-6-10/h4,7-8,10,14-15H,2-3,5-6,9H2,1H3. The van der Waals surface area contributed by atoms with Gasteiger partial charge in [-0.15, -0.1) is 0 Å². The smallest absolute Gasteiger partial charge is 0.315 e. The summed E-state index contributed by atoms with van der Waals surface area (Å²) < 4.78 is 0. The van der Waals surface area contributed by atoms with E-state index in [1.54, 1.807) is 12.1 Å². The third-order valence-electron chi connectivity index (χ3n) is 3.39. The molecule has 0 spiro atoms. The van der Waals surface area contributed by atoms with Gasteiger partial charge in [0.05, 0.1) is 4.92 Å². The average molecular weight is 249 g/mol. The molecule has 98 valence electrons. The molecule has 1 fully saturated rings. The summed E-state index contributed by atoms with van der Waals surface area (Å²) in [5.74, 6) is 0.674. The zero-order valence-electron chi connectivity index (χ0n) is 10.6. The van der Waals surface area contributed by atoms with E-state index in [4.69, 9.17) is 0 Å². The van der Waals surface area contributed by atoms with Gasteiger partial charge >= 0.3 is 5.69 Å². The molecule has 5 nitrogen and oxygen atoms in total. The van der Waals surface area contributed by atoms with Crippen LogP contribution in [0.5, 0.6) is 0 Å². The van der Waals surface area contributed by atoms with E-state index < -0.39 is 0 Å². The number of hydrogen-bond donors (Lipinski definition) is 2. The Labute approximate surface area is 107 Å². The van der Waals surface area contributed by atoms with E-state index in [0.717, 1.165) is 6.54 Å². The Kier molecular flexibility index (Phi) is 4.02. The number of nitrogens with zero attached hydrogens (tertiary/aromatic N) is 1. The van der Waals surface area contributed by atoms with Gasteiger partial charge in [0.25, 0.3) is 0 Å². The van der Waals surface area contributed by atoms with Crippen LogP contribution in [0.3, 0.4) is 0 Å². The summed E-state index contributed by atoms with van der Waals surface area (Å²) in [6, 6.07) is 5.36. The fourth-order valence-corrected chi connectivity index (χ4v) is 2.17. The Morgan fingerprint density at radius 2 is 2.00 bits per heavy atom. The van der Waals surface area contributed by atoms with Crippen LogP contribution in [-0.4, -0.2) is 18.0 Å². The summed E-state index contributed by atoms with van der Waals surface area (Å²) in [5, 5.41) is 17.4. The molecule has 1 aromatic rings. The Bertz CT molecular complexity index is 430. The van der Waals surface area contributed by atoms with E-state index in [2.05, 4.69) is 10.6 Å². The maximum atomic E-state index is 11.2. The van der Waals surface area contributed by atoms with Gasteiger partial charge in [-0.1, -0.05) is 12.5 Å². The average Bonchev–Trinajstić information content (AvgIpc) is 2.27. The highest BCUT2D eigenvalue weighted by Gasteiger charge is 2.21. The van der Waals surface area contributed by atoms with E-state index in [1.165, 1.54) is 19.3 Å². The van der Waals surface area contributed by atoms with Gasteiger partial charge in [-0.2, -0.15) is 0 Å². The highest BCUT2D eigenvalue weighted by atomic mass is 16.6. The molecule has 18 heavy (non-hydrogen) atoms. The number of rotatable bonds is 6. The normalized spacial score (nSPS) is 14.9. The van der Waals surface area contributed by atoms with Crippen molar-refractivity contribution in [2.45, 2.75) is 26.2 Å². The van der Waals surface area contributed by atoms with Crippen LogP contribution in [-0.2, 0) is 0 Å². The summed E-state index contributed by atoms with van der Waals surface area (Å²) in [4.78, 5) is 10.9. The quantitative estimate of drug-likeness (QED) is 0.600. The molecule has 0 saturated heterocycles. The Morgan fingerprint density at radius 3 is 2.50 bits per heavy atom. The van der Waals surface area contributed by atoms with E-state index in [-0.39, 0.29) is 10.6 Å². The van der Waals surface area contributed by atoms with Gasteiger partial charge in [-0.25, -0.2) is 0 Å². The highest BCUT2D eigenvalue weighted by Crippen LogP contribution is 2.34. The minimum atomic E-state index is -0.318. The topological polar surface area (TPSA) is 67.2 Å². The van der Waals surface area contributed by atoms with Crippen molar-refractivity contribution in [3.8, 4) is 0 Å². The third kappa shape index (κ3) is 2.72. The first kappa shape index (κ1) is 12.7. The van der Waals surface area contributed by atoms with Crippen LogP contribution in [0.2, 0.25) is 0 Å². The Balaban J connectivity index is 2.15. The maximum absolute atomic E-state index is 11.2. The molecule has 0 aliphatic heterocycles. The van der Waals surface area contributed by atoms with Gasteiger partial charge in [0.2, 0.25) is 0 Å². The van der Waals surface area contributed by atoms with Crippen molar-refractivity contribution in [2.75, 3.05) is 23.7 Å². The van der Waals surface area contributed by atoms with Crippen LogP contribution in [0.4, 0.5) is 17.1 Å². The van der Waals surface area contributed by atoms with Gasteiger partial charge in [0.15, 0.2) is 0 Å². The van der Waals surface area contributed by atoms with Crippen LogP contribution in [0, 0.1) is 16.0 Å². The molecule has 1 aliphatic carbocycles. The number of benzene rings is 1. The number of nitrogens with one attached hydrogen (secondary N) is 2. The molecule has 1 aliphatic rings. The van der Waals surface area contributed by atoms with Crippen LogP contribution >= 0.6 is 0 Å². The van der Waals surface area contributed by atoms with Gasteiger partial charge in [-0.3, -0.25) is 10.1 Å². The predicted molar refractivity (Wildman–Crippen MR) is 73.1 cm³/mol. The van der Waals surface area contributed by atoms with E-state index in [9.17, 15) is 10.1 Å². The molecule has 1 saturated carbocycles. The lowest BCUT2D eigenvalue weighted by Gasteiger charge is -2.25. The molecular formula is C13H19N3O2. The molecule has 0 radical (unpaired) electrons. The van der Waals surface area contributed by atoms with Crippen molar-refractivity contribution >= 4 is 17.1 Å². The summed E-state index contributed by atoms with van der Waals surface area (Å²) >= 11 is 0. The fourth-order valence-electron chi connectivity index (χ4n) is 2.17. The molecule has 5 heteroatoms. The first-order valence-corrected chi connectivity index (χ1v) is 6.47. The zero-order valence-corrected chi connectivity index (χ0v) is 10.6. The molecule has 0 unspecified atom stereocenters. The Hall–Kier alpha value is -1.78. The zero-order chi connectivity index (χ0) is 13.0. The number of para-hydroxylation sites is 1. The summed E-state index contributed by atoms with van der Waals surface area (Å²) in [6.07, 6.45) is 3.74. The van der Waals surface area contributed by atoms with Crippen molar-refractivity contribution in [1.82, 2.24) is 0 Å². The predicted octanol–water partition coefficient (Wildman–Crippen LogP) is 3.24. The van der Waals surface area contributed by atoms with Crippen molar-refractivity contribution < 1.29 is 4.92 Å². The summed E-state index contributed by atoms with van der Waals surface area (Å²) in [5.41, 5.74) is 1.35. The van der Waals surface area contributed by atoms with Crippen LogP contribution in [0.25, 0.3) is 0 Å². The Morgan fingerprint density at radius 1 is 1.33 bits per heavy atom. The molecule has 0 atom stereocenters. The summed E-state index contributed by atoms with van der Waals surface area (Å²) in [7, 11) is 0. The molecule has 1 aromatic carbocycles. The second-order valence-electron chi connectivity index (χ2n) is 4.67. The van der Waals surface area contributed by atoms with Crippen molar-refractivity contribution in [3.63, 3.8) is 0 Å². The second-order valence-corrected chi connectivity index (χ2v) is 4.67. The first-order valence-electron chi connectivity index (χ1n) is 6.47. The lowest BCUT2D eigenvalue weighted by atomic mass is 9.85. The lowest BCUT2D eigenvalue weighted by molar-refractivity contribution is -0.383. The molecule has 0 heterocycles. The van der Waals surface area contributed by atoms with Crippen molar-refractivity contribution in [1.29, 1.82) is 0 Å². The minimum Gasteiger partial charge on any atom is -0.380 e. The van der Waals surface area contributed by atoms with Gasteiger partial charge in [0.1, 0.15) is 11.4 Å². The molecule has 2 rings (SSSR count). The lowest BCUT2D eigenvalue weighted by Crippen LogP contribution is -2.21. The van der Waals surface area contributed by atoms with Crippen molar-refractivity contribution in [3.05, 3.63) is 28.3 Å². The highest BCUT2D eigenvalue weighted by molar-refractivity contribution is 5.76. The first-order chi connectivity index (χ1) is 8.72. The maximum Gasteiger partial charge on any atom is 0.315 e. The SMILES string of the molecule is CCNc1cccc(NCC2CCC2)c1[N+](=O)[O-]. The molecule has 0 amide bonds. The van der Waals surface area contributed by atoms with Crippen LogP contribution < -0.4 is 10.6 Å². The van der Waals surface area contributed by atoms with E-state index in [0.29, 0.717) is 23.8 Å². The molecule has 2 N–H and O–H groups in total. The fraction of sp³-hybridized carbons (Fsp3) is 0.538. The second kappa shape index (κ2) is 5.71. The number of nitro groups is 1. The monoisotopic (exact) mass is 249 g/mol. The summed E-state index contributed by atoms with van der Waals surface area (Å²) in [6.45, 7) is 3.43. The number of anilines is 2. The van der Waals surface area contributed by atoms with Gasteiger partial charge < -0.3 is 10.6 Å².